The highest BCUT2D eigenvalue weighted by atomic mass is 16.6. The first-order valence-electron chi connectivity index (χ1n) is 5.13. The molecule has 0 radical (unpaired) electrons. The summed E-state index contributed by atoms with van der Waals surface area (Å²) < 4.78 is 11.8. The van der Waals surface area contributed by atoms with Crippen LogP contribution in [0.2, 0.25) is 0 Å². The van der Waals surface area contributed by atoms with Gasteiger partial charge in [0, 0.05) is 19.0 Å². The van der Waals surface area contributed by atoms with E-state index in [2.05, 4.69) is 4.98 Å². The summed E-state index contributed by atoms with van der Waals surface area (Å²) in [7, 11) is 0. The Hall–Kier alpha value is -1.36. The minimum atomic E-state index is -0.401. The van der Waals surface area contributed by atoms with Gasteiger partial charge in [0.25, 0.3) is 0 Å². The molecule has 1 unspecified atom stereocenters. The Morgan fingerprint density at radius 1 is 1.60 bits per heavy atom. The van der Waals surface area contributed by atoms with Gasteiger partial charge in [-0.2, -0.15) is 0 Å². The molecule has 2 rings (SSSR count). The van der Waals surface area contributed by atoms with Gasteiger partial charge in [0.1, 0.15) is 12.9 Å². The summed E-state index contributed by atoms with van der Waals surface area (Å²) in [5.74, 6) is 0. The summed E-state index contributed by atoms with van der Waals surface area (Å²) in [5, 5.41) is 0. The molecule has 1 aliphatic rings. The predicted octanol–water partition coefficient (Wildman–Crippen LogP) is 1.44. The van der Waals surface area contributed by atoms with Gasteiger partial charge in [0.2, 0.25) is 0 Å². The van der Waals surface area contributed by atoms with Crippen LogP contribution in [-0.2, 0) is 9.47 Å². The van der Waals surface area contributed by atoms with Gasteiger partial charge in [0.15, 0.2) is 0 Å². The van der Waals surface area contributed by atoms with Crippen LogP contribution >= 0.6 is 0 Å². The fourth-order valence-corrected chi connectivity index (χ4v) is 1.54. The molecule has 0 N–H and O–H groups in total. The Bertz CT molecular complexity index is 304. The maximum atomic E-state index is 11.4. The zero-order chi connectivity index (χ0) is 10.5. The van der Waals surface area contributed by atoms with Gasteiger partial charge >= 0.3 is 6.09 Å². The molecule has 2 heterocycles. The number of hydrogen-bond acceptors (Lipinski definition) is 4. The number of carbonyl (C=O) groups excluding carboxylic acids is 1. The van der Waals surface area contributed by atoms with E-state index in [-0.39, 0.29) is 6.10 Å². The van der Waals surface area contributed by atoms with E-state index < -0.39 is 6.09 Å². The molecular formula is C10H14N2O3. The summed E-state index contributed by atoms with van der Waals surface area (Å²) in [6.07, 6.45) is 7.40. The predicted molar refractivity (Wildman–Crippen MR) is 52.6 cm³/mol. The molecule has 0 aliphatic carbocycles. The SMILES string of the molecule is O=C(OCC1CCCCO1)n1ccnc1. The molecule has 15 heavy (non-hydrogen) atoms. The first-order valence-corrected chi connectivity index (χ1v) is 5.13. The van der Waals surface area contributed by atoms with Gasteiger partial charge in [-0.05, 0) is 19.3 Å². The lowest BCUT2D eigenvalue weighted by Crippen LogP contribution is -2.27. The molecule has 0 amide bonds. The van der Waals surface area contributed by atoms with E-state index in [1.807, 2.05) is 0 Å². The van der Waals surface area contributed by atoms with Gasteiger partial charge in [-0.3, -0.25) is 0 Å². The van der Waals surface area contributed by atoms with E-state index in [1.165, 1.54) is 10.9 Å². The van der Waals surface area contributed by atoms with Gasteiger partial charge in [0.05, 0.1) is 6.10 Å². The van der Waals surface area contributed by atoms with Crippen molar-refractivity contribution < 1.29 is 14.3 Å². The minimum Gasteiger partial charge on any atom is -0.446 e. The fourth-order valence-electron chi connectivity index (χ4n) is 1.54. The molecule has 0 spiro atoms. The molecule has 1 fully saturated rings. The number of rotatable bonds is 2. The van der Waals surface area contributed by atoms with E-state index in [4.69, 9.17) is 9.47 Å². The van der Waals surface area contributed by atoms with Crippen LogP contribution in [0.3, 0.4) is 0 Å². The molecule has 1 aromatic rings. The Morgan fingerprint density at radius 2 is 2.53 bits per heavy atom. The summed E-state index contributed by atoms with van der Waals surface area (Å²) in [6.45, 7) is 1.10. The van der Waals surface area contributed by atoms with Crippen LogP contribution in [0.4, 0.5) is 4.79 Å². The molecule has 5 nitrogen and oxygen atoms in total. The molecule has 5 heteroatoms. The van der Waals surface area contributed by atoms with Crippen molar-refractivity contribution in [1.82, 2.24) is 9.55 Å². The summed E-state index contributed by atoms with van der Waals surface area (Å²) >= 11 is 0. The van der Waals surface area contributed by atoms with Crippen LogP contribution in [0.5, 0.6) is 0 Å². The van der Waals surface area contributed by atoms with Crippen LogP contribution < -0.4 is 0 Å². The smallest absolute Gasteiger partial charge is 0.419 e. The Kier molecular flexibility index (Phi) is 3.34. The topological polar surface area (TPSA) is 53.4 Å². The third kappa shape index (κ3) is 2.79. The summed E-state index contributed by atoms with van der Waals surface area (Å²) in [4.78, 5) is 15.2. The third-order valence-electron chi connectivity index (χ3n) is 2.38. The highest BCUT2D eigenvalue weighted by molar-refractivity contribution is 5.69. The molecule has 1 atom stereocenters. The second-order valence-electron chi connectivity index (χ2n) is 3.54. The summed E-state index contributed by atoms with van der Waals surface area (Å²) in [6, 6.07) is 0. The fraction of sp³-hybridized carbons (Fsp3) is 0.600. The van der Waals surface area contributed by atoms with Crippen LogP contribution in [0.25, 0.3) is 0 Å². The van der Waals surface area contributed by atoms with Crippen molar-refractivity contribution in [2.24, 2.45) is 0 Å². The van der Waals surface area contributed by atoms with Crippen molar-refractivity contribution >= 4 is 6.09 Å². The van der Waals surface area contributed by atoms with E-state index in [9.17, 15) is 4.79 Å². The Balaban J connectivity index is 1.75. The van der Waals surface area contributed by atoms with Crippen molar-refractivity contribution in [3.63, 3.8) is 0 Å². The number of hydrogen-bond donors (Lipinski definition) is 0. The van der Waals surface area contributed by atoms with Gasteiger partial charge < -0.3 is 9.47 Å². The monoisotopic (exact) mass is 210 g/mol. The molecule has 1 saturated heterocycles. The standard InChI is InChI=1S/C10H14N2O3/c13-10(12-5-4-11-8-12)15-7-9-3-1-2-6-14-9/h4-5,8-9H,1-3,6-7H2. The first-order chi connectivity index (χ1) is 7.36. The number of nitrogens with zero attached hydrogens (tertiary/aromatic N) is 2. The van der Waals surface area contributed by atoms with Crippen LogP contribution in [-0.4, -0.2) is 35.0 Å². The lowest BCUT2D eigenvalue weighted by Gasteiger charge is -2.21. The lowest BCUT2D eigenvalue weighted by atomic mass is 10.1. The average molecular weight is 210 g/mol. The van der Waals surface area contributed by atoms with E-state index >= 15 is 0 Å². The second-order valence-corrected chi connectivity index (χ2v) is 3.54. The first kappa shape index (κ1) is 10.2. The third-order valence-corrected chi connectivity index (χ3v) is 2.38. The van der Waals surface area contributed by atoms with E-state index in [1.54, 1.807) is 12.4 Å². The van der Waals surface area contributed by atoms with Crippen molar-refractivity contribution in [1.29, 1.82) is 0 Å². The van der Waals surface area contributed by atoms with Crippen LogP contribution in [0.1, 0.15) is 19.3 Å². The number of imidazole rings is 1. The molecule has 82 valence electrons. The van der Waals surface area contributed by atoms with E-state index in [0.717, 1.165) is 25.9 Å². The normalized spacial score (nSPS) is 21.2. The maximum Gasteiger partial charge on any atom is 0.419 e. The van der Waals surface area contributed by atoms with Crippen LogP contribution in [0, 0.1) is 0 Å². The molecule has 0 bridgehead atoms. The highest BCUT2D eigenvalue weighted by Gasteiger charge is 2.16. The second kappa shape index (κ2) is 4.93. The Labute approximate surface area is 88.0 Å². The lowest BCUT2D eigenvalue weighted by molar-refractivity contribution is -0.0221. The quantitative estimate of drug-likeness (QED) is 0.741. The van der Waals surface area contributed by atoms with Gasteiger partial charge in [-0.25, -0.2) is 14.3 Å². The number of aromatic nitrogens is 2. The zero-order valence-electron chi connectivity index (χ0n) is 8.46. The largest absolute Gasteiger partial charge is 0.446 e. The van der Waals surface area contributed by atoms with Crippen LogP contribution in [0.15, 0.2) is 18.7 Å². The summed E-state index contributed by atoms with van der Waals surface area (Å²) in [5.41, 5.74) is 0. The van der Waals surface area contributed by atoms with Crippen molar-refractivity contribution in [2.75, 3.05) is 13.2 Å². The number of carbonyl (C=O) groups is 1. The van der Waals surface area contributed by atoms with Crippen molar-refractivity contribution in [2.45, 2.75) is 25.4 Å². The average Bonchev–Trinajstić information content (AvgIpc) is 2.81. The van der Waals surface area contributed by atoms with Crippen molar-refractivity contribution in [3.05, 3.63) is 18.7 Å². The van der Waals surface area contributed by atoms with E-state index in [0.29, 0.717) is 6.61 Å². The maximum absolute atomic E-state index is 11.4. The van der Waals surface area contributed by atoms with Gasteiger partial charge in [-0.15, -0.1) is 0 Å². The minimum absolute atomic E-state index is 0.0613. The molecule has 0 aromatic carbocycles. The van der Waals surface area contributed by atoms with Gasteiger partial charge in [-0.1, -0.05) is 0 Å². The molecular weight excluding hydrogens is 196 g/mol. The zero-order valence-corrected chi connectivity index (χ0v) is 8.46. The highest BCUT2D eigenvalue weighted by Crippen LogP contribution is 2.12. The molecule has 0 saturated carbocycles. The molecule has 1 aromatic heterocycles. The molecule has 1 aliphatic heterocycles. The van der Waals surface area contributed by atoms with Crippen molar-refractivity contribution in [3.8, 4) is 0 Å². The Morgan fingerprint density at radius 3 is 3.20 bits per heavy atom. The number of ether oxygens (including phenoxy) is 2.